The first kappa shape index (κ1) is 23.5. The molecule has 1 aliphatic heterocycles. The maximum Gasteiger partial charge on any atom is 0.284 e. The number of anilines is 2. The van der Waals surface area contributed by atoms with Crippen molar-refractivity contribution < 1.29 is 22.4 Å². The number of rotatable bonds is 5. The van der Waals surface area contributed by atoms with E-state index in [4.69, 9.17) is 5.73 Å². The molecule has 2 aliphatic rings. The minimum atomic E-state index is -2.96. The van der Waals surface area contributed by atoms with Crippen LogP contribution >= 0.6 is 0 Å². The number of hydrogen-bond acceptors (Lipinski definition) is 6. The highest BCUT2D eigenvalue weighted by Crippen LogP contribution is 2.33. The quantitative estimate of drug-likeness (QED) is 0.523. The summed E-state index contributed by atoms with van der Waals surface area (Å²) in [5.74, 6) is -3.44. The van der Waals surface area contributed by atoms with Crippen molar-refractivity contribution in [2.24, 2.45) is 5.73 Å². The fraction of sp³-hybridized carbons (Fsp3) is 0.545. The van der Waals surface area contributed by atoms with Crippen LogP contribution in [0, 0.1) is 0 Å². The van der Waals surface area contributed by atoms with Crippen molar-refractivity contribution in [1.82, 2.24) is 24.4 Å². The first-order chi connectivity index (χ1) is 16.7. The monoisotopic (exact) mass is 494 g/mol. The zero-order valence-electron chi connectivity index (χ0n) is 18.9. The lowest BCUT2D eigenvalue weighted by Crippen LogP contribution is -2.52. The Balaban J connectivity index is 1.41. The van der Waals surface area contributed by atoms with Crippen LogP contribution < -0.4 is 16.0 Å². The summed E-state index contributed by atoms with van der Waals surface area (Å²) in [7, 11) is 0. The van der Waals surface area contributed by atoms with E-state index < -0.39 is 43.0 Å². The summed E-state index contributed by atoms with van der Waals surface area (Å²) in [4.78, 5) is 18.8. The second kappa shape index (κ2) is 9.10. The average Bonchev–Trinajstić information content (AvgIpc) is 3.42. The van der Waals surface area contributed by atoms with Gasteiger partial charge in [-0.2, -0.15) is 10.2 Å². The lowest BCUT2D eigenvalue weighted by molar-refractivity contribution is -0.0174. The lowest BCUT2D eigenvalue weighted by atomic mass is 9.96. The van der Waals surface area contributed by atoms with E-state index in [9.17, 15) is 22.4 Å². The van der Waals surface area contributed by atoms with Gasteiger partial charge in [0.2, 0.25) is 0 Å². The summed E-state index contributed by atoms with van der Waals surface area (Å²) in [5.41, 5.74) is 5.34. The molecule has 1 saturated heterocycles. The molecule has 188 valence electrons. The number of nitrogens with zero attached hydrogens (tertiary/aromatic N) is 6. The van der Waals surface area contributed by atoms with Crippen LogP contribution in [0.4, 0.5) is 29.1 Å². The number of piperidine rings is 1. The highest BCUT2D eigenvalue weighted by Gasteiger charge is 2.39. The molecule has 0 radical (unpaired) electrons. The van der Waals surface area contributed by atoms with Crippen molar-refractivity contribution in [1.29, 1.82) is 0 Å². The molecular weight excluding hydrogens is 468 g/mol. The van der Waals surface area contributed by atoms with Gasteiger partial charge in [0, 0.05) is 31.4 Å². The Morgan fingerprint density at radius 3 is 2.71 bits per heavy atom. The van der Waals surface area contributed by atoms with Gasteiger partial charge >= 0.3 is 0 Å². The number of carbonyl (C=O) groups excluding carboxylic acids is 1. The molecule has 1 atom stereocenters. The topological polar surface area (TPSA) is 106 Å². The Morgan fingerprint density at radius 2 is 2.00 bits per heavy atom. The first-order valence-electron chi connectivity index (χ1n) is 11.6. The number of carbonyl (C=O) groups is 1. The number of nitrogens with one attached hydrogen (secondary N) is 1. The molecule has 1 amide bonds. The third-order valence-electron chi connectivity index (χ3n) is 6.53. The molecule has 2 fully saturated rings. The molecule has 1 saturated carbocycles. The Morgan fingerprint density at radius 1 is 1.23 bits per heavy atom. The van der Waals surface area contributed by atoms with Gasteiger partial charge in [-0.25, -0.2) is 27.1 Å². The number of hydrogen-bond donors (Lipinski definition) is 2. The van der Waals surface area contributed by atoms with Crippen LogP contribution in [-0.4, -0.2) is 55.3 Å². The summed E-state index contributed by atoms with van der Waals surface area (Å²) >= 11 is 0. The molecule has 3 N–H and O–H groups in total. The maximum absolute atomic E-state index is 14.0. The molecule has 35 heavy (non-hydrogen) atoms. The summed E-state index contributed by atoms with van der Waals surface area (Å²) in [6.45, 7) is -0.357. The van der Waals surface area contributed by atoms with Gasteiger partial charge < -0.3 is 16.0 Å². The molecule has 3 aromatic rings. The largest absolute Gasteiger partial charge is 0.349 e. The molecule has 1 unspecified atom stereocenters. The van der Waals surface area contributed by atoms with E-state index in [1.807, 2.05) is 0 Å². The van der Waals surface area contributed by atoms with Gasteiger partial charge in [-0.3, -0.25) is 9.48 Å². The van der Waals surface area contributed by atoms with Crippen molar-refractivity contribution in [3.8, 4) is 0 Å². The smallest absolute Gasteiger partial charge is 0.284 e. The Hall–Kier alpha value is -3.22. The van der Waals surface area contributed by atoms with E-state index in [1.165, 1.54) is 38.8 Å². The summed E-state index contributed by atoms with van der Waals surface area (Å²) in [5, 5.41) is 10.6. The van der Waals surface area contributed by atoms with E-state index in [2.05, 4.69) is 20.5 Å². The predicted octanol–water partition coefficient (Wildman–Crippen LogP) is 3.79. The fourth-order valence-electron chi connectivity index (χ4n) is 4.90. The minimum absolute atomic E-state index is 0.0159. The Kier molecular flexibility index (Phi) is 6.11. The van der Waals surface area contributed by atoms with E-state index >= 15 is 0 Å². The molecule has 0 bridgehead atoms. The second-order valence-corrected chi connectivity index (χ2v) is 9.27. The first-order valence-corrected chi connectivity index (χ1v) is 11.6. The number of halogens is 4. The molecule has 4 heterocycles. The van der Waals surface area contributed by atoms with Crippen LogP contribution in [0.2, 0.25) is 0 Å². The number of aromatic nitrogens is 5. The zero-order chi connectivity index (χ0) is 24.7. The summed E-state index contributed by atoms with van der Waals surface area (Å²) in [6.07, 6.45) is 5.71. The van der Waals surface area contributed by atoms with Gasteiger partial charge in [0.25, 0.3) is 18.3 Å². The predicted molar refractivity (Wildman–Crippen MR) is 120 cm³/mol. The van der Waals surface area contributed by atoms with Crippen LogP contribution in [-0.2, 0) is 0 Å². The number of fused-ring (bicyclic) bond motifs is 1. The van der Waals surface area contributed by atoms with Crippen LogP contribution in [0.3, 0.4) is 0 Å². The SMILES string of the molecule is NC1CN(c2ccn3ncc(C(=O)Nc4cn(C5CCCCC5)nc4C(F)F)c3n2)CC(F)(F)C1. The van der Waals surface area contributed by atoms with Crippen LogP contribution in [0.15, 0.2) is 24.7 Å². The normalized spacial score (nSPS) is 21.1. The Labute approximate surface area is 198 Å². The van der Waals surface area contributed by atoms with Crippen molar-refractivity contribution in [2.75, 3.05) is 23.3 Å². The van der Waals surface area contributed by atoms with Gasteiger partial charge in [-0.1, -0.05) is 19.3 Å². The van der Waals surface area contributed by atoms with Crippen molar-refractivity contribution >= 4 is 23.1 Å². The standard InChI is InChI=1S/C22H26F4N8O/c23-19(24)18-16(11-34(31-18)14-4-2-1-3-5-14)29-21(35)15-9-28-33-7-6-17(30-20(15)33)32-10-13(27)8-22(25,26)12-32/h6-7,9,11,13-14,19H,1-5,8,10,12,27H2,(H,29,35). The maximum atomic E-state index is 14.0. The second-order valence-electron chi connectivity index (χ2n) is 9.27. The number of nitrogens with two attached hydrogens (primary N) is 1. The van der Waals surface area contributed by atoms with Crippen molar-refractivity contribution in [2.45, 2.75) is 63.0 Å². The molecule has 1 aliphatic carbocycles. The molecule has 0 aromatic carbocycles. The molecular formula is C22H26F4N8O. The highest BCUT2D eigenvalue weighted by atomic mass is 19.3. The lowest BCUT2D eigenvalue weighted by Gasteiger charge is -2.36. The van der Waals surface area contributed by atoms with Crippen LogP contribution in [0.1, 0.15) is 67.0 Å². The molecule has 9 nitrogen and oxygen atoms in total. The van der Waals surface area contributed by atoms with E-state index in [1.54, 1.807) is 0 Å². The highest BCUT2D eigenvalue weighted by molar-refractivity contribution is 6.08. The minimum Gasteiger partial charge on any atom is -0.349 e. The van der Waals surface area contributed by atoms with Gasteiger partial charge in [0.05, 0.1) is 24.5 Å². The van der Waals surface area contributed by atoms with Crippen LogP contribution in [0.5, 0.6) is 0 Å². The third kappa shape index (κ3) is 4.81. The van der Waals surface area contributed by atoms with E-state index in [0.717, 1.165) is 32.1 Å². The average molecular weight is 494 g/mol. The summed E-state index contributed by atoms with van der Waals surface area (Å²) < 4.78 is 58.3. The number of alkyl halides is 4. The third-order valence-corrected chi connectivity index (χ3v) is 6.53. The Bertz CT molecular complexity index is 1220. The fourth-order valence-corrected chi connectivity index (χ4v) is 4.90. The van der Waals surface area contributed by atoms with Gasteiger partial charge in [0.1, 0.15) is 11.4 Å². The van der Waals surface area contributed by atoms with E-state index in [-0.39, 0.29) is 35.3 Å². The molecule has 5 rings (SSSR count). The number of amides is 1. The zero-order valence-corrected chi connectivity index (χ0v) is 18.9. The van der Waals surface area contributed by atoms with E-state index in [0.29, 0.717) is 0 Å². The van der Waals surface area contributed by atoms with Crippen LogP contribution in [0.25, 0.3) is 5.65 Å². The van der Waals surface area contributed by atoms with Gasteiger partial charge in [-0.05, 0) is 18.9 Å². The van der Waals surface area contributed by atoms with Crippen molar-refractivity contribution in [3.05, 3.63) is 35.9 Å². The molecule has 13 heteroatoms. The van der Waals surface area contributed by atoms with Gasteiger partial charge in [-0.15, -0.1) is 0 Å². The molecule has 3 aromatic heterocycles. The summed E-state index contributed by atoms with van der Waals surface area (Å²) in [6, 6.07) is 0.805. The molecule has 0 spiro atoms. The van der Waals surface area contributed by atoms with Gasteiger partial charge in [0.15, 0.2) is 11.3 Å². The van der Waals surface area contributed by atoms with Crippen molar-refractivity contribution in [3.63, 3.8) is 0 Å².